The molecule has 0 amide bonds. The first-order chi connectivity index (χ1) is 7.86. The van der Waals surface area contributed by atoms with E-state index in [1.807, 2.05) is 12.1 Å². The van der Waals surface area contributed by atoms with Gasteiger partial charge in [0.15, 0.2) is 0 Å². The van der Waals surface area contributed by atoms with E-state index >= 15 is 0 Å². The molecule has 1 aromatic rings. The summed E-state index contributed by atoms with van der Waals surface area (Å²) in [6.45, 7) is 7.83. The Morgan fingerprint density at radius 3 is 2.56 bits per heavy atom. The molecule has 0 saturated heterocycles. The predicted octanol–water partition coefficient (Wildman–Crippen LogP) is 3.95. The van der Waals surface area contributed by atoms with Crippen LogP contribution in [0.25, 0.3) is 0 Å². The number of halogens is 1. The van der Waals surface area contributed by atoms with Crippen molar-refractivity contribution in [3.05, 3.63) is 35.9 Å². The van der Waals surface area contributed by atoms with Crippen LogP contribution in [0.2, 0.25) is 0 Å². The molecule has 0 aromatic heterocycles. The Balaban J connectivity index is 0.00000106. The SMILES string of the molecule is CCCCN(CC)Cc1[c-]cccc1.[Zn+][Br]. The van der Waals surface area contributed by atoms with E-state index < -0.39 is 0 Å². The first kappa shape index (κ1) is 16.3. The Morgan fingerprint density at radius 1 is 1.31 bits per heavy atom. The molecule has 0 fully saturated rings. The fourth-order valence-electron chi connectivity index (χ4n) is 1.50. The quantitative estimate of drug-likeness (QED) is 0.562. The maximum atomic E-state index is 3.27. The third-order valence-corrected chi connectivity index (χ3v) is 2.44. The van der Waals surface area contributed by atoms with Crippen molar-refractivity contribution in [1.29, 1.82) is 0 Å². The Labute approximate surface area is 117 Å². The van der Waals surface area contributed by atoms with E-state index in [1.54, 1.807) is 0 Å². The normalized spacial score (nSPS) is 9.88. The Bertz CT molecular complexity index is 241. The van der Waals surface area contributed by atoms with E-state index in [-0.39, 0.29) is 0 Å². The molecule has 1 nitrogen and oxygen atoms in total. The van der Waals surface area contributed by atoms with Crippen molar-refractivity contribution in [2.45, 2.75) is 33.2 Å². The summed E-state index contributed by atoms with van der Waals surface area (Å²) in [4.78, 5) is 2.47. The van der Waals surface area contributed by atoms with E-state index in [9.17, 15) is 0 Å². The van der Waals surface area contributed by atoms with Gasteiger partial charge in [0, 0.05) is 6.54 Å². The van der Waals surface area contributed by atoms with Crippen LogP contribution < -0.4 is 0 Å². The van der Waals surface area contributed by atoms with Crippen molar-refractivity contribution in [1.82, 2.24) is 4.90 Å². The van der Waals surface area contributed by atoms with Gasteiger partial charge in [-0.25, -0.2) is 0 Å². The van der Waals surface area contributed by atoms with Crippen LogP contribution in [-0.2, 0) is 22.9 Å². The predicted molar refractivity (Wildman–Crippen MR) is 70.1 cm³/mol. The number of rotatable bonds is 6. The Hall–Kier alpha value is 0.283. The second-order valence-electron chi connectivity index (χ2n) is 3.61. The Morgan fingerprint density at radius 2 is 2.06 bits per heavy atom. The van der Waals surface area contributed by atoms with Gasteiger partial charge in [-0.15, -0.1) is 5.56 Å². The average Bonchev–Trinajstić information content (AvgIpc) is 2.38. The molecule has 3 heteroatoms. The van der Waals surface area contributed by atoms with Gasteiger partial charge < -0.3 is 4.90 Å². The molecule has 0 aliphatic carbocycles. The van der Waals surface area contributed by atoms with E-state index in [2.05, 4.69) is 50.6 Å². The topological polar surface area (TPSA) is 3.24 Å². The van der Waals surface area contributed by atoms with Crippen molar-refractivity contribution in [3.8, 4) is 0 Å². The molecule has 1 rings (SSSR count). The summed E-state index contributed by atoms with van der Waals surface area (Å²) in [6, 6.07) is 11.5. The van der Waals surface area contributed by atoms with Crippen LogP contribution in [0.3, 0.4) is 0 Å². The van der Waals surface area contributed by atoms with Crippen molar-refractivity contribution < 1.29 is 16.3 Å². The molecular weight excluding hydrogens is 315 g/mol. The van der Waals surface area contributed by atoms with Gasteiger partial charge in [0.2, 0.25) is 0 Å². The number of hydrogen-bond donors (Lipinski definition) is 0. The Kier molecular flexibility index (Phi) is 12.0. The van der Waals surface area contributed by atoms with Crippen LogP contribution in [0, 0.1) is 6.07 Å². The zero-order valence-corrected chi connectivity index (χ0v) is 14.9. The summed E-state index contributed by atoms with van der Waals surface area (Å²) >= 11 is 4.25. The zero-order chi connectivity index (χ0) is 12.2. The zero-order valence-electron chi connectivity index (χ0n) is 10.4. The number of benzene rings is 1. The molecule has 0 unspecified atom stereocenters. The van der Waals surface area contributed by atoms with Crippen LogP contribution in [0.1, 0.15) is 32.3 Å². The van der Waals surface area contributed by atoms with E-state index in [0.717, 1.165) is 13.1 Å². The second-order valence-corrected chi connectivity index (χ2v) is 3.61. The molecule has 0 aliphatic heterocycles. The van der Waals surface area contributed by atoms with Gasteiger partial charge in [0.05, 0.1) is 0 Å². The molecule has 1 aromatic carbocycles. The second kappa shape index (κ2) is 11.8. The molecule has 0 atom stereocenters. The maximum absolute atomic E-state index is 3.27. The molecule has 86 valence electrons. The van der Waals surface area contributed by atoms with Crippen molar-refractivity contribution in [2.24, 2.45) is 0 Å². The molecule has 0 spiro atoms. The van der Waals surface area contributed by atoms with Crippen molar-refractivity contribution in [3.63, 3.8) is 0 Å². The fraction of sp³-hybridized carbons (Fsp3) is 0.538. The molecule has 0 saturated carbocycles. The molecule has 0 bridgehead atoms. The van der Waals surface area contributed by atoms with Gasteiger partial charge in [0.1, 0.15) is 0 Å². The van der Waals surface area contributed by atoms with Gasteiger partial charge in [0.25, 0.3) is 0 Å². The summed E-state index contributed by atoms with van der Waals surface area (Å²) in [5.41, 5.74) is 1.30. The number of nitrogens with zero attached hydrogens (tertiary/aromatic N) is 1. The summed E-state index contributed by atoms with van der Waals surface area (Å²) < 4.78 is 0. The van der Waals surface area contributed by atoms with Crippen molar-refractivity contribution in [2.75, 3.05) is 13.1 Å². The minimum atomic E-state index is 1.04. The first-order valence-corrected chi connectivity index (χ1v) is 12.8. The fourth-order valence-corrected chi connectivity index (χ4v) is 1.50. The van der Waals surface area contributed by atoms with Crippen LogP contribution in [-0.4, -0.2) is 18.0 Å². The van der Waals surface area contributed by atoms with Gasteiger partial charge in [-0.3, -0.25) is 0 Å². The van der Waals surface area contributed by atoms with Gasteiger partial charge in [-0.05, 0) is 19.5 Å². The third-order valence-electron chi connectivity index (χ3n) is 2.44. The molecule has 0 aliphatic rings. The van der Waals surface area contributed by atoms with Gasteiger partial charge >= 0.3 is 30.0 Å². The molecule has 0 heterocycles. The van der Waals surface area contributed by atoms with Crippen LogP contribution >= 0.6 is 13.6 Å². The molecule has 16 heavy (non-hydrogen) atoms. The van der Waals surface area contributed by atoms with E-state index in [4.69, 9.17) is 0 Å². The molecule has 0 radical (unpaired) electrons. The standard InChI is InChI=1S/C13H20N.BrH.Zn/c1-3-5-11-14(4-2)12-13-9-7-6-8-10-13;;/h6-9H,3-5,11-12H2,1-2H3;1H;/q-1;;+2/p-1. The van der Waals surface area contributed by atoms with E-state index in [1.165, 1.54) is 41.3 Å². The van der Waals surface area contributed by atoms with Crippen LogP contribution in [0.4, 0.5) is 0 Å². The van der Waals surface area contributed by atoms with Crippen LogP contribution in [0.5, 0.6) is 0 Å². The monoisotopic (exact) mass is 333 g/mol. The number of unbranched alkanes of at least 4 members (excludes halogenated alkanes) is 1. The summed E-state index contributed by atoms with van der Waals surface area (Å²) in [6.07, 6.45) is 2.57. The van der Waals surface area contributed by atoms with E-state index in [0.29, 0.717) is 0 Å². The first-order valence-electron chi connectivity index (χ1n) is 5.81. The third kappa shape index (κ3) is 7.54. The molecule has 0 N–H and O–H groups in total. The van der Waals surface area contributed by atoms with Crippen molar-refractivity contribution >= 4 is 13.6 Å². The van der Waals surface area contributed by atoms with Gasteiger partial charge in [-0.1, -0.05) is 20.3 Å². The summed E-state index contributed by atoms with van der Waals surface area (Å²) in [5.74, 6) is 0. The number of hydrogen-bond acceptors (Lipinski definition) is 1. The summed E-state index contributed by atoms with van der Waals surface area (Å²) in [7, 11) is 0. The minimum absolute atomic E-state index is 1.04. The van der Waals surface area contributed by atoms with Crippen LogP contribution in [0.15, 0.2) is 24.3 Å². The average molecular weight is 336 g/mol. The van der Waals surface area contributed by atoms with Gasteiger partial charge in [-0.2, -0.15) is 30.3 Å². The summed E-state index contributed by atoms with van der Waals surface area (Å²) in [5, 5.41) is 0. The molecular formula is C13H20BrNZn.